The quantitative estimate of drug-likeness (QED) is 0.833. The van der Waals surface area contributed by atoms with Crippen molar-refractivity contribution < 1.29 is 22.8 Å². The van der Waals surface area contributed by atoms with Gasteiger partial charge in [0.25, 0.3) is 0 Å². The Labute approximate surface area is 135 Å². The lowest BCUT2D eigenvalue weighted by Gasteiger charge is -2.08. The molecule has 126 valence electrons. The molecule has 0 aliphatic carbocycles. The molecular weight excluding hydrogens is 325 g/mol. The number of carbonyl (C=O) groups excluding carboxylic acids is 2. The van der Waals surface area contributed by atoms with E-state index in [1.165, 1.54) is 0 Å². The number of carbonyl (C=O) groups is 2. The van der Waals surface area contributed by atoms with E-state index in [2.05, 4.69) is 20.6 Å². The Kier molecular flexibility index (Phi) is 5.46. The van der Waals surface area contributed by atoms with Gasteiger partial charge in [0, 0.05) is 18.9 Å². The molecular formula is C15H13F3N4O2. The van der Waals surface area contributed by atoms with Crippen LogP contribution in [-0.4, -0.2) is 28.3 Å². The van der Waals surface area contributed by atoms with Crippen molar-refractivity contribution in [2.75, 3.05) is 11.9 Å². The van der Waals surface area contributed by atoms with Crippen molar-refractivity contribution in [2.45, 2.75) is 12.6 Å². The molecule has 0 saturated heterocycles. The number of hydrogen-bond donors (Lipinski definition) is 2. The van der Waals surface area contributed by atoms with Crippen LogP contribution in [0.4, 0.5) is 18.9 Å². The Morgan fingerprint density at radius 3 is 2.46 bits per heavy atom. The molecule has 0 atom stereocenters. The monoisotopic (exact) mass is 338 g/mol. The van der Waals surface area contributed by atoms with Crippen LogP contribution in [0.5, 0.6) is 0 Å². The van der Waals surface area contributed by atoms with Crippen molar-refractivity contribution >= 4 is 17.5 Å². The van der Waals surface area contributed by atoms with Crippen LogP contribution in [-0.2, 0) is 22.2 Å². The minimum Gasteiger partial charge on any atom is -0.347 e. The molecule has 0 aliphatic heterocycles. The molecule has 0 saturated carbocycles. The third-order valence-electron chi connectivity index (χ3n) is 2.94. The molecule has 24 heavy (non-hydrogen) atoms. The first-order valence-electron chi connectivity index (χ1n) is 6.87. The largest absolute Gasteiger partial charge is 0.433 e. The highest BCUT2D eigenvalue weighted by atomic mass is 19.4. The summed E-state index contributed by atoms with van der Waals surface area (Å²) in [6, 6.07) is 5.32. The number of anilines is 1. The number of hydrogen-bond acceptors (Lipinski definition) is 4. The third-order valence-corrected chi connectivity index (χ3v) is 2.94. The number of aromatic nitrogens is 2. The summed E-state index contributed by atoms with van der Waals surface area (Å²) in [4.78, 5) is 30.4. The summed E-state index contributed by atoms with van der Waals surface area (Å²) in [5.74, 6) is -1.87. The van der Waals surface area contributed by atoms with Crippen LogP contribution >= 0.6 is 0 Å². The average molecular weight is 338 g/mol. The molecule has 2 aromatic heterocycles. The summed E-state index contributed by atoms with van der Waals surface area (Å²) in [5, 5.41) is 4.58. The van der Waals surface area contributed by atoms with E-state index in [4.69, 9.17) is 0 Å². The Morgan fingerprint density at radius 2 is 1.88 bits per heavy atom. The van der Waals surface area contributed by atoms with Crippen molar-refractivity contribution in [3.8, 4) is 0 Å². The van der Waals surface area contributed by atoms with Gasteiger partial charge in [0.1, 0.15) is 5.69 Å². The van der Waals surface area contributed by atoms with E-state index in [1.54, 1.807) is 18.5 Å². The number of amides is 2. The molecule has 9 heteroatoms. The standard InChI is InChI=1S/C15H13F3N4O2/c16-15(17,18)12-4-3-11(9-21-12)22-14(24)13(23)20-7-5-10-2-1-6-19-8-10/h1-4,6,8-9H,5,7H2,(H,20,23)(H,22,24). The van der Waals surface area contributed by atoms with Crippen molar-refractivity contribution in [1.82, 2.24) is 15.3 Å². The van der Waals surface area contributed by atoms with Crippen molar-refractivity contribution in [3.63, 3.8) is 0 Å². The second kappa shape index (κ2) is 7.53. The molecule has 2 amide bonds. The number of nitrogens with one attached hydrogen (secondary N) is 2. The molecule has 0 spiro atoms. The Balaban J connectivity index is 1.82. The van der Waals surface area contributed by atoms with E-state index in [1.807, 2.05) is 6.07 Å². The summed E-state index contributed by atoms with van der Waals surface area (Å²) in [6.45, 7) is 0.225. The fourth-order valence-corrected chi connectivity index (χ4v) is 1.77. The maximum Gasteiger partial charge on any atom is 0.433 e. The van der Waals surface area contributed by atoms with Gasteiger partial charge in [0.05, 0.1) is 11.9 Å². The predicted molar refractivity (Wildman–Crippen MR) is 78.8 cm³/mol. The third kappa shape index (κ3) is 5.04. The Bertz CT molecular complexity index is 703. The van der Waals surface area contributed by atoms with E-state index in [0.717, 1.165) is 23.9 Å². The van der Waals surface area contributed by atoms with Gasteiger partial charge in [-0.3, -0.25) is 14.6 Å². The zero-order chi connectivity index (χ0) is 17.6. The van der Waals surface area contributed by atoms with E-state index in [0.29, 0.717) is 6.42 Å². The van der Waals surface area contributed by atoms with E-state index < -0.39 is 23.7 Å². The zero-order valence-corrected chi connectivity index (χ0v) is 12.3. The van der Waals surface area contributed by atoms with Crippen molar-refractivity contribution in [3.05, 3.63) is 54.1 Å². The topological polar surface area (TPSA) is 84.0 Å². The maximum absolute atomic E-state index is 12.4. The molecule has 2 heterocycles. The van der Waals surface area contributed by atoms with Crippen molar-refractivity contribution in [2.24, 2.45) is 0 Å². The van der Waals surface area contributed by atoms with Gasteiger partial charge in [-0.25, -0.2) is 4.98 Å². The molecule has 0 fully saturated rings. The highest BCUT2D eigenvalue weighted by Gasteiger charge is 2.32. The molecule has 2 aromatic rings. The van der Waals surface area contributed by atoms with E-state index >= 15 is 0 Å². The van der Waals surface area contributed by atoms with Crippen LogP contribution in [0, 0.1) is 0 Å². The average Bonchev–Trinajstić information content (AvgIpc) is 2.55. The van der Waals surface area contributed by atoms with Crippen LogP contribution in [0.1, 0.15) is 11.3 Å². The van der Waals surface area contributed by atoms with Gasteiger partial charge in [-0.2, -0.15) is 13.2 Å². The van der Waals surface area contributed by atoms with Gasteiger partial charge in [0.2, 0.25) is 0 Å². The second-order valence-electron chi connectivity index (χ2n) is 4.75. The minimum atomic E-state index is -4.56. The summed E-state index contributed by atoms with van der Waals surface area (Å²) in [6.07, 6.45) is 0.0261. The van der Waals surface area contributed by atoms with Gasteiger partial charge < -0.3 is 10.6 Å². The van der Waals surface area contributed by atoms with Gasteiger partial charge in [-0.1, -0.05) is 6.07 Å². The molecule has 6 nitrogen and oxygen atoms in total. The van der Waals surface area contributed by atoms with Gasteiger partial charge in [-0.05, 0) is 30.2 Å². The highest BCUT2D eigenvalue weighted by molar-refractivity contribution is 6.39. The SMILES string of the molecule is O=C(NCCc1cccnc1)C(=O)Nc1ccc(C(F)(F)F)nc1. The molecule has 0 radical (unpaired) electrons. The number of rotatable bonds is 4. The number of nitrogens with zero attached hydrogens (tertiary/aromatic N) is 2. The number of pyridine rings is 2. The summed E-state index contributed by atoms with van der Waals surface area (Å²) >= 11 is 0. The van der Waals surface area contributed by atoms with Gasteiger partial charge in [0.15, 0.2) is 0 Å². The lowest BCUT2D eigenvalue weighted by Crippen LogP contribution is -2.36. The van der Waals surface area contributed by atoms with Gasteiger partial charge >= 0.3 is 18.0 Å². The Hall–Kier alpha value is -2.97. The summed E-state index contributed by atoms with van der Waals surface area (Å²) in [5.41, 5.74) is -0.193. The van der Waals surface area contributed by atoms with Crippen molar-refractivity contribution in [1.29, 1.82) is 0 Å². The van der Waals surface area contributed by atoms with Crippen LogP contribution in [0.3, 0.4) is 0 Å². The second-order valence-corrected chi connectivity index (χ2v) is 4.75. The summed E-state index contributed by atoms with van der Waals surface area (Å²) < 4.78 is 37.1. The summed E-state index contributed by atoms with van der Waals surface area (Å²) in [7, 11) is 0. The molecule has 0 aliphatic rings. The molecule has 0 unspecified atom stereocenters. The van der Waals surface area contributed by atoms with Crippen LogP contribution in [0.15, 0.2) is 42.9 Å². The predicted octanol–water partition coefficient (Wildman–Crippen LogP) is 1.79. The van der Waals surface area contributed by atoms with Gasteiger partial charge in [-0.15, -0.1) is 0 Å². The van der Waals surface area contributed by atoms with E-state index in [-0.39, 0.29) is 12.2 Å². The first-order valence-corrected chi connectivity index (χ1v) is 6.87. The normalized spacial score (nSPS) is 11.0. The molecule has 0 aromatic carbocycles. The maximum atomic E-state index is 12.4. The Morgan fingerprint density at radius 1 is 1.08 bits per heavy atom. The highest BCUT2D eigenvalue weighted by Crippen LogP contribution is 2.27. The molecule has 0 bridgehead atoms. The van der Waals surface area contributed by atoms with Crippen LogP contribution in [0.25, 0.3) is 0 Å². The number of halogens is 3. The molecule has 2 rings (SSSR count). The first-order chi connectivity index (χ1) is 11.4. The first kappa shape index (κ1) is 17.4. The lowest BCUT2D eigenvalue weighted by atomic mass is 10.2. The fourth-order valence-electron chi connectivity index (χ4n) is 1.77. The lowest BCUT2D eigenvalue weighted by molar-refractivity contribution is -0.141. The fraction of sp³-hybridized carbons (Fsp3) is 0.200. The smallest absolute Gasteiger partial charge is 0.347 e. The van der Waals surface area contributed by atoms with Crippen LogP contribution in [0.2, 0.25) is 0 Å². The van der Waals surface area contributed by atoms with E-state index in [9.17, 15) is 22.8 Å². The minimum absolute atomic E-state index is 0.00425. The van der Waals surface area contributed by atoms with Crippen LogP contribution < -0.4 is 10.6 Å². The zero-order valence-electron chi connectivity index (χ0n) is 12.3. The number of alkyl halides is 3. The molecule has 2 N–H and O–H groups in total.